The van der Waals surface area contributed by atoms with E-state index in [1.54, 1.807) is 35.1 Å². The van der Waals surface area contributed by atoms with Crippen LogP contribution in [0.4, 0.5) is 13.2 Å². The Balaban J connectivity index is 1.72. The first kappa shape index (κ1) is 19.2. The molecule has 27 heavy (non-hydrogen) atoms. The first-order chi connectivity index (χ1) is 12.8. The van der Waals surface area contributed by atoms with Gasteiger partial charge < -0.3 is 15.0 Å². The lowest BCUT2D eigenvalue weighted by Crippen LogP contribution is -2.54. The maximum Gasteiger partial charge on any atom is 0.573 e. The number of piperidine rings is 1. The van der Waals surface area contributed by atoms with Crippen molar-refractivity contribution in [3.05, 3.63) is 48.3 Å². The number of likely N-dealkylation sites (N-methyl/N-ethyl adjacent to an activating group) is 1. The van der Waals surface area contributed by atoms with E-state index >= 15 is 0 Å². The Kier molecular flexibility index (Phi) is 5.41. The number of nitrogens with zero attached hydrogens (tertiary/aromatic N) is 3. The fourth-order valence-corrected chi connectivity index (χ4v) is 3.40. The second-order valence-corrected chi connectivity index (χ2v) is 6.59. The summed E-state index contributed by atoms with van der Waals surface area (Å²) in [5.41, 5.74) is -0.0343. The second kappa shape index (κ2) is 7.59. The van der Waals surface area contributed by atoms with E-state index in [0.29, 0.717) is 31.5 Å². The van der Waals surface area contributed by atoms with E-state index in [4.69, 9.17) is 0 Å². The lowest BCUT2D eigenvalue weighted by molar-refractivity contribution is -0.274. The van der Waals surface area contributed by atoms with E-state index in [1.807, 2.05) is 0 Å². The maximum absolute atomic E-state index is 13.2. The molecule has 9 heteroatoms. The molecule has 0 bridgehead atoms. The van der Waals surface area contributed by atoms with Crippen LogP contribution in [0, 0.1) is 0 Å². The molecule has 1 aliphatic rings. The highest BCUT2D eigenvalue weighted by Crippen LogP contribution is 2.30. The minimum absolute atomic E-state index is 0.0664. The van der Waals surface area contributed by atoms with Crippen LogP contribution in [0.2, 0.25) is 0 Å². The van der Waals surface area contributed by atoms with Gasteiger partial charge in [0, 0.05) is 26.0 Å². The van der Waals surface area contributed by atoms with Crippen molar-refractivity contribution in [2.45, 2.75) is 31.3 Å². The summed E-state index contributed by atoms with van der Waals surface area (Å²) in [7, 11) is 1.69. The summed E-state index contributed by atoms with van der Waals surface area (Å²) in [6.45, 7) is 1.70. The van der Waals surface area contributed by atoms with E-state index in [2.05, 4.69) is 15.2 Å². The Morgan fingerprint density at radius 2 is 1.96 bits per heavy atom. The number of rotatable bonds is 5. The fraction of sp³-hybridized carbons (Fsp3) is 0.444. The number of nitrogens with one attached hydrogen (secondary N) is 1. The Labute approximate surface area is 154 Å². The number of benzene rings is 1. The summed E-state index contributed by atoms with van der Waals surface area (Å²) in [5, 5.41) is 7.54. The molecule has 0 unspecified atom stereocenters. The molecule has 2 aromatic rings. The molecule has 0 saturated carbocycles. The van der Waals surface area contributed by atoms with Crippen LogP contribution in [0.15, 0.2) is 42.7 Å². The van der Waals surface area contributed by atoms with Crippen molar-refractivity contribution in [2.24, 2.45) is 0 Å². The van der Waals surface area contributed by atoms with Crippen LogP contribution < -0.4 is 10.1 Å². The van der Waals surface area contributed by atoms with Crippen molar-refractivity contribution in [2.75, 3.05) is 20.1 Å². The second-order valence-electron chi connectivity index (χ2n) is 6.59. The highest BCUT2D eigenvalue weighted by atomic mass is 19.4. The van der Waals surface area contributed by atoms with Crippen molar-refractivity contribution < 1.29 is 22.7 Å². The molecule has 0 atom stereocenters. The van der Waals surface area contributed by atoms with Crippen molar-refractivity contribution in [1.29, 1.82) is 0 Å². The summed E-state index contributed by atoms with van der Waals surface area (Å²) in [6.07, 6.45) is -0.0391. The summed E-state index contributed by atoms with van der Waals surface area (Å²) < 4.78 is 42.3. The molecule has 1 N–H and O–H groups in total. The smallest absolute Gasteiger partial charge is 0.406 e. The number of ether oxygens (including phenoxy) is 1. The molecule has 1 amide bonds. The van der Waals surface area contributed by atoms with Gasteiger partial charge in [0.15, 0.2) is 0 Å². The van der Waals surface area contributed by atoms with Crippen LogP contribution in [-0.2, 0) is 16.9 Å². The molecular formula is C18H21F3N4O2. The van der Waals surface area contributed by atoms with Gasteiger partial charge in [0.2, 0.25) is 0 Å². The summed E-state index contributed by atoms with van der Waals surface area (Å²) in [4.78, 5) is 14.8. The summed E-state index contributed by atoms with van der Waals surface area (Å²) in [5.74, 6) is -0.352. The normalized spacial score (nSPS) is 16.7. The first-order valence-corrected chi connectivity index (χ1v) is 8.61. The van der Waals surface area contributed by atoms with Crippen molar-refractivity contribution >= 4 is 5.91 Å². The van der Waals surface area contributed by atoms with Crippen LogP contribution in [0.3, 0.4) is 0 Å². The Morgan fingerprint density at radius 1 is 1.30 bits per heavy atom. The van der Waals surface area contributed by atoms with Crippen LogP contribution >= 0.6 is 0 Å². The number of aromatic nitrogens is 2. The van der Waals surface area contributed by atoms with Gasteiger partial charge in [0.05, 0.1) is 0 Å². The van der Waals surface area contributed by atoms with Crippen LogP contribution in [0.1, 0.15) is 18.4 Å². The Bertz CT molecular complexity index is 754. The molecule has 2 heterocycles. The van der Waals surface area contributed by atoms with Gasteiger partial charge in [-0.25, -0.2) is 0 Å². The number of hydrogen-bond donors (Lipinski definition) is 1. The molecule has 0 radical (unpaired) electrons. The molecule has 1 aromatic carbocycles. The van der Waals surface area contributed by atoms with Crippen molar-refractivity contribution in [1.82, 2.24) is 20.0 Å². The van der Waals surface area contributed by atoms with Crippen LogP contribution in [0.5, 0.6) is 5.75 Å². The standard InChI is InChI=1S/C18H21F3N4O2/c1-24(13-14-3-5-15(6-4-14)27-18(19,20)21)16(26)17(7-10-22-11-8-17)25-12-2-9-23-25/h2-6,9,12,22H,7-8,10-11,13H2,1H3. The zero-order chi connectivity index (χ0) is 19.5. The molecule has 1 aromatic heterocycles. The van der Waals surface area contributed by atoms with Crippen LogP contribution in [-0.4, -0.2) is 47.1 Å². The van der Waals surface area contributed by atoms with Crippen molar-refractivity contribution in [3.63, 3.8) is 0 Å². The minimum atomic E-state index is -4.72. The lowest BCUT2D eigenvalue weighted by atomic mass is 9.86. The predicted molar refractivity (Wildman–Crippen MR) is 91.9 cm³/mol. The molecule has 3 rings (SSSR count). The molecule has 1 fully saturated rings. The van der Waals surface area contributed by atoms with E-state index < -0.39 is 11.9 Å². The molecular weight excluding hydrogens is 361 g/mol. The van der Waals surface area contributed by atoms with Gasteiger partial charge in [-0.1, -0.05) is 12.1 Å². The first-order valence-electron chi connectivity index (χ1n) is 8.61. The minimum Gasteiger partial charge on any atom is -0.406 e. The van der Waals surface area contributed by atoms with Crippen LogP contribution in [0.25, 0.3) is 0 Å². The maximum atomic E-state index is 13.2. The number of amides is 1. The topological polar surface area (TPSA) is 59.4 Å². The van der Waals surface area contributed by atoms with Gasteiger partial charge in [-0.05, 0) is 49.7 Å². The number of carbonyl (C=O) groups excluding carboxylic acids is 1. The van der Waals surface area contributed by atoms with Crippen molar-refractivity contribution in [3.8, 4) is 5.75 Å². The largest absolute Gasteiger partial charge is 0.573 e. The number of carbonyl (C=O) groups is 1. The number of halogens is 3. The van der Waals surface area contributed by atoms with Gasteiger partial charge in [-0.15, -0.1) is 13.2 Å². The van der Waals surface area contributed by atoms with Gasteiger partial charge in [0.1, 0.15) is 11.3 Å². The molecule has 1 saturated heterocycles. The average molecular weight is 382 g/mol. The molecule has 0 aliphatic carbocycles. The van der Waals surface area contributed by atoms with Gasteiger partial charge in [-0.3, -0.25) is 9.48 Å². The Morgan fingerprint density at radius 3 is 2.52 bits per heavy atom. The number of hydrogen-bond acceptors (Lipinski definition) is 4. The summed E-state index contributed by atoms with van der Waals surface area (Å²) in [6, 6.07) is 7.32. The Hall–Kier alpha value is -2.55. The SMILES string of the molecule is CN(Cc1ccc(OC(F)(F)F)cc1)C(=O)C1(n2cccn2)CCNCC1. The molecule has 1 aliphatic heterocycles. The highest BCUT2D eigenvalue weighted by Gasteiger charge is 2.43. The average Bonchev–Trinajstić information content (AvgIpc) is 3.17. The van der Waals surface area contributed by atoms with Gasteiger partial charge >= 0.3 is 6.36 Å². The summed E-state index contributed by atoms with van der Waals surface area (Å²) >= 11 is 0. The highest BCUT2D eigenvalue weighted by molar-refractivity contribution is 5.84. The van der Waals surface area contributed by atoms with E-state index in [0.717, 1.165) is 0 Å². The monoisotopic (exact) mass is 382 g/mol. The van der Waals surface area contributed by atoms with Gasteiger partial charge in [0.25, 0.3) is 5.91 Å². The number of alkyl halides is 3. The van der Waals surface area contributed by atoms with E-state index in [1.165, 1.54) is 24.3 Å². The lowest BCUT2D eigenvalue weighted by Gasteiger charge is -2.39. The molecule has 6 nitrogen and oxygen atoms in total. The van der Waals surface area contributed by atoms with E-state index in [9.17, 15) is 18.0 Å². The third kappa shape index (κ3) is 4.41. The zero-order valence-electron chi connectivity index (χ0n) is 14.9. The quantitative estimate of drug-likeness (QED) is 0.863. The molecule has 0 spiro atoms. The third-order valence-corrected chi connectivity index (χ3v) is 4.70. The van der Waals surface area contributed by atoms with Gasteiger partial charge in [-0.2, -0.15) is 5.10 Å². The fourth-order valence-electron chi connectivity index (χ4n) is 3.40. The zero-order valence-corrected chi connectivity index (χ0v) is 14.9. The third-order valence-electron chi connectivity index (χ3n) is 4.70. The predicted octanol–water partition coefficient (Wildman–Crippen LogP) is 2.52. The van der Waals surface area contributed by atoms with E-state index in [-0.39, 0.29) is 18.2 Å². The molecule has 146 valence electrons.